The van der Waals surface area contributed by atoms with Gasteiger partial charge in [-0.25, -0.2) is 8.42 Å². The molecule has 2 aliphatic heterocycles. The number of piperidine rings is 2. The lowest BCUT2D eigenvalue weighted by Gasteiger charge is -2.34. The molecule has 8 heteroatoms. The Kier molecular flexibility index (Phi) is 8.11. The summed E-state index contributed by atoms with van der Waals surface area (Å²) in [4.78, 5) is 15.2. The van der Waals surface area contributed by atoms with Crippen LogP contribution >= 0.6 is 0 Å². The van der Waals surface area contributed by atoms with E-state index in [0.717, 1.165) is 56.5 Å². The molecule has 0 unspecified atom stereocenters. The van der Waals surface area contributed by atoms with Gasteiger partial charge in [-0.15, -0.1) is 0 Å². The highest BCUT2D eigenvalue weighted by Gasteiger charge is 2.26. The minimum Gasteiger partial charge on any atom is -0.497 e. The van der Waals surface area contributed by atoms with E-state index in [0.29, 0.717) is 30.8 Å². The molecule has 2 heterocycles. The normalized spacial score (nSPS) is 18.0. The zero-order chi connectivity index (χ0) is 24.0. The number of rotatable bonds is 8. The van der Waals surface area contributed by atoms with Crippen molar-refractivity contribution in [3.63, 3.8) is 0 Å². The van der Waals surface area contributed by atoms with Gasteiger partial charge in [0.15, 0.2) is 0 Å². The first kappa shape index (κ1) is 24.5. The highest BCUT2D eigenvalue weighted by molar-refractivity contribution is 7.89. The van der Waals surface area contributed by atoms with Crippen molar-refractivity contribution >= 4 is 21.6 Å². The van der Waals surface area contributed by atoms with Crippen molar-refractivity contribution in [2.45, 2.75) is 55.9 Å². The number of hydrogen-bond donors (Lipinski definition) is 1. The largest absolute Gasteiger partial charge is 0.497 e. The van der Waals surface area contributed by atoms with Crippen LogP contribution in [0.5, 0.6) is 5.75 Å². The van der Waals surface area contributed by atoms with Crippen LogP contribution in [0.2, 0.25) is 0 Å². The van der Waals surface area contributed by atoms with E-state index >= 15 is 0 Å². The Morgan fingerprint density at radius 3 is 2.21 bits per heavy atom. The van der Waals surface area contributed by atoms with Crippen LogP contribution in [0, 0.1) is 0 Å². The third-order valence-corrected chi connectivity index (χ3v) is 8.73. The summed E-state index contributed by atoms with van der Waals surface area (Å²) in [5.74, 6) is 0.900. The lowest BCUT2D eigenvalue weighted by molar-refractivity contribution is -0.121. The summed E-state index contributed by atoms with van der Waals surface area (Å²) < 4.78 is 32.4. The average Bonchev–Trinajstić information content (AvgIpc) is 2.89. The summed E-state index contributed by atoms with van der Waals surface area (Å²) in [6.07, 6.45) is 5.77. The molecule has 1 amide bonds. The van der Waals surface area contributed by atoms with Gasteiger partial charge in [0.1, 0.15) is 5.75 Å². The number of methoxy groups -OCH3 is 1. The first-order chi connectivity index (χ1) is 16.5. The molecule has 0 radical (unpaired) electrons. The van der Waals surface area contributed by atoms with Gasteiger partial charge in [-0.3, -0.25) is 4.79 Å². The molecule has 1 N–H and O–H groups in total. The quantitative estimate of drug-likeness (QED) is 0.618. The molecule has 2 aliphatic rings. The summed E-state index contributed by atoms with van der Waals surface area (Å²) in [6.45, 7) is 3.01. The van der Waals surface area contributed by atoms with Crippen molar-refractivity contribution in [3.05, 3.63) is 54.1 Å². The van der Waals surface area contributed by atoms with Crippen molar-refractivity contribution in [3.8, 4) is 5.75 Å². The fourth-order valence-electron chi connectivity index (χ4n) is 4.72. The van der Waals surface area contributed by atoms with E-state index < -0.39 is 10.0 Å². The van der Waals surface area contributed by atoms with E-state index in [-0.39, 0.29) is 11.9 Å². The van der Waals surface area contributed by atoms with E-state index in [1.165, 1.54) is 5.69 Å². The summed E-state index contributed by atoms with van der Waals surface area (Å²) in [5.41, 5.74) is 2.15. The van der Waals surface area contributed by atoms with Crippen molar-refractivity contribution in [1.29, 1.82) is 0 Å². The number of carbonyl (C=O) groups is 1. The maximum absolute atomic E-state index is 12.8. The van der Waals surface area contributed by atoms with E-state index in [2.05, 4.69) is 22.3 Å². The predicted molar refractivity (Wildman–Crippen MR) is 134 cm³/mol. The maximum atomic E-state index is 12.8. The Balaban J connectivity index is 1.21. The molecule has 0 aliphatic carbocycles. The lowest BCUT2D eigenvalue weighted by atomic mass is 10.0. The Labute approximate surface area is 203 Å². The highest BCUT2D eigenvalue weighted by Crippen LogP contribution is 2.23. The smallest absolute Gasteiger partial charge is 0.243 e. The highest BCUT2D eigenvalue weighted by atomic mass is 32.2. The van der Waals surface area contributed by atoms with Crippen LogP contribution in [0.1, 0.15) is 44.1 Å². The van der Waals surface area contributed by atoms with Crippen LogP contribution in [0.3, 0.4) is 0 Å². The lowest BCUT2D eigenvalue weighted by Crippen LogP contribution is -2.44. The van der Waals surface area contributed by atoms with Crippen molar-refractivity contribution < 1.29 is 17.9 Å². The summed E-state index contributed by atoms with van der Waals surface area (Å²) in [5, 5.41) is 3.17. The Morgan fingerprint density at radius 2 is 1.59 bits per heavy atom. The molecule has 34 heavy (non-hydrogen) atoms. The van der Waals surface area contributed by atoms with E-state index in [1.54, 1.807) is 23.5 Å². The van der Waals surface area contributed by atoms with Gasteiger partial charge < -0.3 is 15.0 Å². The maximum Gasteiger partial charge on any atom is 0.243 e. The van der Waals surface area contributed by atoms with Crippen LogP contribution in [0.15, 0.2) is 53.4 Å². The van der Waals surface area contributed by atoms with Gasteiger partial charge in [0.25, 0.3) is 0 Å². The second kappa shape index (κ2) is 11.2. The van der Waals surface area contributed by atoms with Crippen molar-refractivity contribution in [1.82, 2.24) is 9.62 Å². The van der Waals surface area contributed by atoms with E-state index in [9.17, 15) is 13.2 Å². The van der Waals surface area contributed by atoms with E-state index in [4.69, 9.17) is 4.74 Å². The number of benzene rings is 2. The van der Waals surface area contributed by atoms with Crippen LogP contribution in [-0.4, -0.2) is 58.0 Å². The summed E-state index contributed by atoms with van der Waals surface area (Å²) in [7, 11) is -1.75. The molecule has 2 fully saturated rings. The Hall–Kier alpha value is -2.58. The first-order valence-electron chi connectivity index (χ1n) is 12.2. The standard InChI is InChI=1S/C26H35N3O4S/c1-33-24-10-8-23(9-11-24)28-19-15-22(16-20-28)27-26(30)14-7-21-5-12-25(13-6-21)34(31,32)29-17-3-2-4-18-29/h5-6,8-13,22H,2-4,7,14-20H2,1H3,(H,27,30). The minimum absolute atomic E-state index is 0.0490. The van der Waals surface area contributed by atoms with Gasteiger partial charge in [-0.1, -0.05) is 18.6 Å². The molecular formula is C26H35N3O4S. The fraction of sp³-hybridized carbons (Fsp3) is 0.500. The zero-order valence-electron chi connectivity index (χ0n) is 19.9. The zero-order valence-corrected chi connectivity index (χ0v) is 20.7. The number of amides is 1. The molecule has 7 nitrogen and oxygen atoms in total. The minimum atomic E-state index is -3.41. The SMILES string of the molecule is COc1ccc(N2CCC(NC(=O)CCc3ccc(S(=O)(=O)N4CCCCC4)cc3)CC2)cc1. The number of aryl methyl sites for hydroxylation is 1. The Bertz CT molecular complexity index is 1040. The number of ether oxygens (including phenoxy) is 1. The molecule has 4 rings (SSSR count). The average molecular weight is 486 g/mol. The third-order valence-electron chi connectivity index (χ3n) is 6.81. The predicted octanol–water partition coefficient (Wildman–Crippen LogP) is 3.59. The monoisotopic (exact) mass is 485 g/mol. The van der Waals surface area contributed by atoms with Crippen LogP contribution in [0.4, 0.5) is 5.69 Å². The molecule has 0 atom stereocenters. The third kappa shape index (κ3) is 6.10. The van der Waals surface area contributed by atoms with Gasteiger partial charge >= 0.3 is 0 Å². The van der Waals surface area contributed by atoms with Gasteiger partial charge in [-0.05, 0) is 74.1 Å². The molecular weight excluding hydrogens is 450 g/mol. The topological polar surface area (TPSA) is 79.0 Å². The second-order valence-electron chi connectivity index (χ2n) is 9.14. The van der Waals surface area contributed by atoms with Gasteiger partial charge in [0, 0.05) is 44.3 Å². The van der Waals surface area contributed by atoms with Crippen molar-refractivity contribution in [2.75, 3.05) is 38.2 Å². The molecule has 0 spiro atoms. The number of carbonyl (C=O) groups excluding carboxylic acids is 1. The summed E-state index contributed by atoms with van der Waals surface area (Å²) >= 11 is 0. The molecule has 184 valence electrons. The first-order valence-corrected chi connectivity index (χ1v) is 13.7. The number of anilines is 1. The number of hydrogen-bond acceptors (Lipinski definition) is 5. The number of nitrogens with one attached hydrogen (secondary N) is 1. The molecule has 0 aromatic heterocycles. The molecule has 2 aromatic rings. The molecule has 2 aromatic carbocycles. The Morgan fingerprint density at radius 1 is 0.941 bits per heavy atom. The van der Waals surface area contributed by atoms with Gasteiger partial charge in [0.2, 0.25) is 15.9 Å². The fourth-order valence-corrected chi connectivity index (χ4v) is 6.23. The van der Waals surface area contributed by atoms with Crippen LogP contribution in [0.25, 0.3) is 0 Å². The molecule has 0 saturated carbocycles. The van der Waals surface area contributed by atoms with Gasteiger partial charge in [0.05, 0.1) is 12.0 Å². The number of nitrogens with zero attached hydrogens (tertiary/aromatic N) is 2. The number of sulfonamides is 1. The van der Waals surface area contributed by atoms with E-state index in [1.807, 2.05) is 24.3 Å². The van der Waals surface area contributed by atoms with Crippen LogP contribution < -0.4 is 15.0 Å². The van der Waals surface area contributed by atoms with Gasteiger partial charge in [-0.2, -0.15) is 4.31 Å². The summed E-state index contributed by atoms with van der Waals surface area (Å²) in [6, 6.07) is 15.3. The van der Waals surface area contributed by atoms with Crippen LogP contribution in [-0.2, 0) is 21.2 Å². The van der Waals surface area contributed by atoms with Crippen molar-refractivity contribution in [2.24, 2.45) is 0 Å². The second-order valence-corrected chi connectivity index (χ2v) is 11.1. The molecule has 2 saturated heterocycles. The molecule has 0 bridgehead atoms.